The second kappa shape index (κ2) is 4.45. The Balaban J connectivity index is 1.90. The summed E-state index contributed by atoms with van der Waals surface area (Å²) in [7, 11) is 0. The van der Waals surface area contributed by atoms with Gasteiger partial charge in [-0.25, -0.2) is 9.97 Å². The van der Waals surface area contributed by atoms with Crippen LogP contribution in [0.3, 0.4) is 0 Å². The van der Waals surface area contributed by atoms with Gasteiger partial charge in [-0.15, -0.1) is 11.6 Å². The van der Waals surface area contributed by atoms with E-state index in [1.807, 2.05) is 12.1 Å². The van der Waals surface area contributed by atoms with Crippen molar-refractivity contribution in [2.45, 2.75) is 18.2 Å². The Morgan fingerprint density at radius 1 is 1.12 bits per heavy atom. The van der Waals surface area contributed by atoms with Crippen LogP contribution in [0.25, 0.3) is 11.2 Å². The summed E-state index contributed by atoms with van der Waals surface area (Å²) in [5.41, 5.74) is 1.54. The highest BCUT2D eigenvalue weighted by molar-refractivity contribution is 6.20. The minimum absolute atomic E-state index is 0.312. The van der Waals surface area contributed by atoms with E-state index in [-0.39, 0.29) is 0 Å². The smallest absolute Gasteiger partial charge is 0.180 e. The van der Waals surface area contributed by atoms with Crippen LogP contribution in [-0.4, -0.2) is 33.4 Å². The number of nitrogens with zero attached hydrogens (tertiary/aromatic N) is 4. The summed E-state index contributed by atoms with van der Waals surface area (Å²) in [5.74, 6) is 0.974. The summed E-state index contributed by atoms with van der Waals surface area (Å²) in [6.45, 7) is 1.93. The second-order valence-corrected chi connectivity index (χ2v) is 4.85. The van der Waals surface area contributed by atoms with Crippen LogP contribution in [0.2, 0.25) is 0 Å². The van der Waals surface area contributed by atoms with Gasteiger partial charge in [-0.1, -0.05) is 0 Å². The van der Waals surface area contributed by atoms with Crippen molar-refractivity contribution in [2.24, 2.45) is 0 Å². The van der Waals surface area contributed by atoms with Crippen LogP contribution < -0.4 is 4.90 Å². The summed E-state index contributed by atoms with van der Waals surface area (Å²) >= 11 is 6.10. The van der Waals surface area contributed by atoms with Gasteiger partial charge in [-0.3, -0.25) is 4.98 Å². The van der Waals surface area contributed by atoms with Crippen molar-refractivity contribution in [3.63, 3.8) is 0 Å². The lowest BCUT2D eigenvalue weighted by Crippen LogP contribution is -2.34. The molecular formula is C12H13ClN4. The maximum atomic E-state index is 6.10. The number of piperidine rings is 1. The fourth-order valence-corrected chi connectivity index (χ4v) is 2.29. The molecule has 0 atom stereocenters. The molecule has 0 radical (unpaired) electrons. The lowest BCUT2D eigenvalue weighted by atomic mass is 10.1. The molecule has 88 valence electrons. The first-order valence-electron chi connectivity index (χ1n) is 5.80. The number of pyridine rings is 1. The van der Waals surface area contributed by atoms with Crippen molar-refractivity contribution in [1.29, 1.82) is 0 Å². The van der Waals surface area contributed by atoms with E-state index in [4.69, 9.17) is 11.6 Å². The maximum Gasteiger partial charge on any atom is 0.180 e. The monoisotopic (exact) mass is 248 g/mol. The lowest BCUT2D eigenvalue weighted by Gasteiger charge is -2.30. The summed E-state index contributed by atoms with van der Waals surface area (Å²) in [5, 5.41) is 0.312. The number of halogens is 1. The standard InChI is InChI=1S/C12H13ClN4/c13-9-3-7-17(8-4-9)11-2-1-10-12(16-11)15-6-5-14-10/h1-2,5-6,9H,3-4,7-8H2. The van der Waals surface area contributed by atoms with Crippen molar-refractivity contribution >= 4 is 28.6 Å². The SMILES string of the molecule is ClC1CCN(c2ccc3nccnc3n2)CC1. The van der Waals surface area contributed by atoms with E-state index in [0.717, 1.165) is 37.3 Å². The average molecular weight is 249 g/mol. The van der Waals surface area contributed by atoms with Crippen LogP contribution in [0.15, 0.2) is 24.5 Å². The molecule has 0 N–H and O–H groups in total. The predicted octanol–water partition coefficient (Wildman–Crippen LogP) is 2.23. The van der Waals surface area contributed by atoms with Crippen LogP contribution in [-0.2, 0) is 0 Å². The molecule has 5 heteroatoms. The average Bonchev–Trinajstić information content (AvgIpc) is 2.39. The molecule has 0 amide bonds. The van der Waals surface area contributed by atoms with Crippen LogP contribution in [0.1, 0.15) is 12.8 Å². The van der Waals surface area contributed by atoms with Gasteiger partial charge in [0.15, 0.2) is 5.65 Å². The van der Waals surface area contributed by atoms with E-state index >= 15 is 0 Å². The number of hydrogen-bond acceptors (Lipinski definition) is 4. The first-order valence-corrected chi connectivity index (χ1v) is 6.23. The predicted molar refractivity (Wildman–Crippen MR) is 68.4 cm³/mol. The summed E-state index contributed by atoms with van der Waals surface area (Å²) in [6.07, 6.45) is 5.39. The number of alkyl halides is 1. The molecule has 0 unspecified atom stereocenters. The lowest BCUT2D eigenvalue weighted by molar-refractivity contribution is 0.581. The molecule has 0 bridgehead atoms. The third-order valence-corrected chi connectivity index (χ3v) is 3.50. The Kier molecular flexibility index (Phi) is 2.81. The summed E-state index contributed by atoms with van der Waals surface area (Å²) in [4.78, 5) is 15.2. The molecule has 2 aromatic rings. The van der Waals surface area contributed by atoms with E-state index < -0.39 is 0 Å². The highest BCUT2D eigenvalue weighted by Gasteiger charge is 2.18. The molecule has 1 aliphatic rings. The van der Waals surface area contributed by atoms with E-state index in [2.05, 4.69) is 19.9 Å². The van der Waals surface area contributed by atoms with Crippen LogP contribution in [0.5, 0.6) is 0 Å². The Bertz CT molecular complexity index is 523. The minimum Gasteiger partial charge on any atom is -0.356 e. The van der Waals surface area contributed by atoms with Gasteiger partial charge >= 0.3 is 0 Å². The molecule has 17 heavy (non-hydrogen) atoms. The molecule has 3 heterocycles. The van der Waals surface area contributed by atoms with Crippen molar-refractivity contribution in [3.8, 4) is 0 Å². The highest BCUT2D eigenvalue weighted by Crippen LogP contribution is 2.21. The van der Waals surface area contributed by atoms with Crippen LogP contribution >= 0.6 is 11.6 Å². The molecular weight excluding hydrogens is 236 g/mol. The normalized spacial score (nSPS) is 17.6. The number of fused-ring (bicyclic) bond motifs is 1. The number of rotatable bonds is 1. The van der Waals surface area contributed by atoms with Gasteiger partial charge in [0, 0.05) is 30.9 Å². The van der Waals surface area contributed by atoms with Gasteiger partial charge in [-0.05, 0) is 25.0 Å². The molecule has 1 saturated heterocycles. The largest absolute Gasteiger partial charge is 0.356 e. The van der Waals surface area contributed by atoms with Crippen molar-refractivity contribution in [1.82, 2.24) is 15.0 Å². The van der Waals surface area contributed by atoms with Crippen molar-refractivity contribution in [2.75, 3.05) is 18.0 Å². The number of aromatic nitrogens is 3. The first kappa shape index (κ1) is 10.7. The number of anilines is 1. The Labute approximate surface area is 105 Å². The zero-order valence-electron chi connectivity index (χ0n) is 9.38. The van der Waals surface area contributed by atoms with Crippen LogP contribution in [0.4, 0.5) is 5.82 Å². The fourth-order valence-electron chi connectivity index (χ4n) is 2.10. The second-order valence-electron chi connectivity index (χ2n) is 4.23. The van der Waals surface area contributed by atoms with Crippen molar-refractivity contribution < 1.29 is 0 Å². The maximum absolute atomic E-state index is 6.10. The molecule has 2 aromatic heterocycles. The fraction of sp³-hybridized carbons (Fsp3) is 0.417. The summed E-state index contributed by atoms with van der Waals surface area (Å²) < 4.78 is 0. The molecule has 1 fully saturated rings. The topological polar surface area (TPSA) is 41.9 Å². The molecule has 0 aliphatic carbocycles. The van der Waals surface area contributed by atoms with Gasteiger partial charge in [0.25, 0.3) is 0 Å². The quantitative estimate of drug-likeness (QED) is 0.726. The minimum atomic E-state index is 0.312. The third kappa shape index (κ3) is 2.17. The molecule has 0 aromatic carbocycles. The molecule has 0 saturated carbocycles. The first-order chi connectivity index (χ1) is 8.33. The van der Waals surface area contributed by atoms with Gasteiger partial charge in [0.05, 0.1) is 0 Å². The highest BCUT2D eigenvalue weighted by atomic mass is 35.5. The molecule has 1 aliphatic heterocycles. The summed E-state index contributed by atoms with van der Waals surface area (Å²) in [6, 6.07) is 3.98. The molecule has 4 nitrogen and oxygen atoms in total. The van der Waals surface area contributed by atoms with Gasteiger partial charge < -0.3 is 4.90 Å². The third-order valence-electron chi connectivity index (χ3n) is 3.07. The Hall–Kier alpha value is -1.42. The van der Waals surface area contributed by atoms with E-state index in [1.54, 1.807) is 12.4 Å². The van der Waals surface area contributed by atoms with Crippen LogP contribution in [0, 0.1) is 0 Å². The zero-order chi connectivity index (χ0) is 11.7. The molecule has 3 rings (SSSR count). The van der Waals surface area contributed by atoms with Gasteiger partial charge in [-0.2, -0.15) is 0 Å². The van der Waals surface area contributed by atoms with E-state index in [0.29, 0.717) is 11.0 Å². The van der Waals surface area contributed by atoms with E-state index in [1.165, 1.54) is 0 Å². The Morgan fingerprint density at radius 2 is 1.88 bits per heavy atom. The van der Waals surface area contributed by atoms with Crippen molar-refractivity contribution in [3.05, 3.63) is 24.5 Å². The van der Waals surface area contributed by atoms with E-state index in [9.17, 15) is 0 Å². The zero-order valence-corrected chi connectivity index (χ0v) is 10.1. The van der Waals surface area contributed by atoms with Gasteiger partial charge in [0.2, 0.25) is 0 Å². The Morgan fingerprint density at radius 3 is 2.71 bits per heavy atom. The number of hydrogen-bond donors (Lipinski definition) is 0. The molecule has 0 spiro atoms. The van der Waals surface area contributed by atoms with Gasteiger partial charge in [0.1, 0.15) is 11.3 Å².